The van der Waals surface area contributed by atoms with Crippen LogP contribution < -0.4 is 10.6 Å². The summed E-state index contributed by atoms with van der Waals surface area (Å²) in [7, 11) is 0. The molecular formula is C12H18N2O2. The molecular weight excluding hydrogens is 204 g/mol. The van der Waals surface area contributed by atoms with Crippen molar-refractivity contribution in [3.63, 3.8) is 0 Å². The molecule has 1 aliphatic carbocycles. The zero-order valence-electron chi connectivity index (χ0n) is 9.53. The molecule has 1 fully saturated rings. The highest BCUT2D eigenvalue weighted by molar-refractivity contribution is 5.76. The minimum absolute atomic E-state index is 0.140. The van der Waals surface area contributed by atoms with E-state index in [2.05, 4.69) is 10.6 Å². The summed E-state index contributed by atoms with van der Waals surface area (Å²) in [6.45, 7) is 2.71. The first kappa shape index (κ1) is 11.2. The van der Waals surface area contributed by atoms with E-state index in [0.29, 0.717) is 19.0 Å². The maximum Gasteiger partial charge on any atom is 0.221 e. The Morgan fingerprint density at radius 1 is 1.62 bits per heavy atom. The highest BCUT2D eigenvalue weighted by atomic mass is 16.3. The monoisotopic (exact) mass is 222 g/mol. The van der Waals surface area contributed by atoms with E-state index in [-0.39, 0.29) is 11.9 Å². The van der Waals surface area contributed by atoms with Crippen molar-refractivity contribution in [2.24, 2.45) is 0 Å². The minimum Gasteiger partial charge on any atom is -0.468 e. The number of amides is 1. The average molecular weight is 222 g/mol. The molecule has 2 rings (SSSR count). The van der Waals surface area contributed by atoms with Gasteiger partial charge in [0.1, 0.15) is 5.76 Å². The van der Waals surface area contributed by atoms with Gasteiger partial charge in [0.25, 0.3) is 0 Å². The summed E-state index contributed by atoms with van der Waals surface area (Å²) in [6, 6.07) is 4.41. The third-order valence-corrected chi connectivity index (χ3v) is 2.72. The van der Waals surface area contributed by atoms with Gasteiger partial charge in [0, 0.05) is 19.0 Å². The summed E-state index contributed by atoms with van der Waals surface area (Å²) >= 11 is 0. The van der Waals surface area contributed by atoms with E-state index < -0.39 is 0 Å². The van der Waals surface area contributed by atoms with Gasteiger partial charge in [-0.15, -0.1) is 0 Å². The average Bonchev–Trinajstić information content (AvgIpc) is 2.90. The minimum atomic E-state index is 0.140. The van der Waals surface area contributed by atoms with Crippen LogP contribution >= 0.6 is 0 Å². The van der Waals surface area contributed by atoms with E-state index in [1.165, 1.54) is 0 Å². The van der Waals surface area contributed by atoms with Gasteiger partial charge >= 0.3 is 0 Å². The fraction of sp³-hybridized carbons (Fsp3) is 0.583. The largest absolute Gasteiger partial charge is 0.468 e. The first-order chi connectivity index (χ1) is 7.75. The number of carbonyl (C=O) groups excluding carboxylic acids is 1. The van der Waals surface area contributed by atoms with Crippen molar-refractivity contribution in [3.05, 3.63) is 24.2 Å². The predicted molar refractivity (Wildman–Crippen MR) is 60.9 cm³/mol. The number of hydrogen-bond acceptors (Lipinski definition) is 3. The SMILES string of the molecule is C[C@H](NCCC(=O)NC1CC1)c1ccco1. The molecule has 1 aromatic heterocycles. The number of rotatable bonds is 6. The van der Waals surface area contributed by atoms with Crippen molar-refractivity contribution in [3.8, 4) is 0 Å². The van der Waals surface area contributed by atoms with Crippen molar-refractivity contribution < 1.29 is 9.21 Å². The standard InChI is InChI=1S/C12H18N2O2/c1-9(11-3-2-8-16-11)13-7-6-12(15)14-10-4-5-10/h2-3,8-10,13H,4-7H2,1H3,(H,14,15)/t9-/m0/s1. The van der Waals surface area contributed by atoms with Crippen LogP contribution in [-0.4, -0.2) is 18.5 Å². The molecule has 1 aliphatic rings. The molecule has 0 bridgehead atoms. The van der Waals surface area contributed by atoms with Gasteiger partial charge in [-0.1, -0.05) is 0 Å². The van der Waals surface area contributed by atoms with Crippen molar-refractivity contribution in [1.82, 2.24) is 10.6 Å². The number of nitrogens with one attached hydrogen (secondary N) is 2. The van der Waals surface area contributed by atoms with Crippen LogP contribution in [0.4, 0.5) is 0 Å². The van der Waals surface area contributed by atoms with E-state index in [1.807, 2.05) is 19.1 Å². The molecule has 0 aliphatic heterocycles. The molecule has 1 saturated carbocycles. The Bertz CT molecular complexity index is 331. The molecule has 0 spiro atoms. The molecule has 0 saturated heterocycles. The van der Waals surface area contributed by atoms with E-state index in [1.54, 1.807) is 6.26 Å². The lowest BCUT2D eigenvalue weighted by molar-refractivity contribution is -0.121. The molecule has 4 heteroatoms. The van der Waals surface area contributed by atoms with Crippen LogP contribution in [-0.2, 0) is 4.79 Å². The van der Waals surface area contributed by atoms with Gasteiger partial charge in [-0.05, 0) is 31.9 Å². The van der Waals surface area contributed by atoms with E-state index in [4.69, 9.17) is 4.42 Å². The second-order valence-electron chi connectivity index (χ2n) is 4.28. The molecule has 88 valence electrons. The maximum atomic E-state index is 11.4. The number of hydrogen-bond donors (Lipinski definition) is 2. The zero-order valence-corrected chi connectivity index (χ0v) is 9.53. The van der Waals surface area contributed by atoms with Gasteiger partial charge in [0.15, 0.2) is 0 Å². The highest BCUT2D eigenvalue weighted by Gasteiger charge is 2.22. The number of furan rings is 1. The van der Waals surface area contributed by atoms with Crippen molar-refractivity contribution >= 4 is 5.91 Å². The van der Waals surface area contributed by atoms with Crippen LogP contribution in [0.2, 0.25) is 0 Å². The van der Waals surface area contributed by atoms with E-state index >= 15 is 0 Å². The Labute approximate surface area is 95.4 Å². The summed E-state index contributed by atoms with van der Waals surface area (Å²) in [5.74, 6) is 1.05. The van der Waals surface area contributed by atoms with Gasteiger partial charge in [-0.25, -0.2) is 0 Å². The van der Waals surface area contributed by atoms with Crippen molar-refractivity contribution in [2.45, 2.75) is 38.3 Å². The van der Waals surface area contributed by atoms with Crippen LogP contribution in [0.25, 0.3) is 0 Å². The fourth-order valence-electron chi connectivity index (χ4n) is 1.57. The summed E-state index contributed by atoms with van der Waals surface area (Å²) < 4.78 is 5.26. The molecule has 4 nitrogen and oxygen atoms in total. The van der Waals surface area contributed by atoms with Gasteiger partial charge in [-0.2, -0.15) is 0 Å². The maximum absolute atomic E-state index is 11.4. The second-order valence-corrected chi connectivity index (χ2v) is 4.28. The molecule has 0 unspecified atom stereocenters. The lowest BCUT2D eigenvalue weighted by Gasteiger charge is -2.10. The Morgan fingerprint density at radius 2 is 2.44 bits per heavy atom. The summed E-state index contributed by atoms with van der Waals surface area (Å²) in [4.78, 5) is 11.4. The molecule has 1 amide bonds. The summed E-state index contributed by atoms with van der Waals surface area (Å²) in [5, 5.41) is 6.21. The lowest BCUT2D eigenvalue weighted by atomic mass is 10.2. The van der Waals surface area contributed by atoms with Gasteiger partial charge in [0.2, 0.25) is 5.91 Å². The third-order valence-electron chi connectivity index (χ3n) is 2.72. The normalized spacial score (nSPS) is 17.1. The van der Waals surface area contributed by atoms with Crippen LogP contribution in [0.3, 0.4) is 0 Å². The van der Waals surface area contributed by atoms with Crippen LogP contribution in [0, 0.1) is 0 Å². The fourth-order valence-corrected chi connectivity index (χ4v) is 1.57. The van der Waals surface area contributed by atoms with Crippen LogP contribution in [0.15, 0.2) is 22.8 Å². The first-order valence-electron chi connectivity index (χ1n) is 5.82. The number of carbonyl (C=O) groups is 1. The summed E-state index contributed by atoms with van der Waals surface area (Å²) in [5.41, 5.74) is 0. The van der Waals surface area contributed by atoms with E-state index in [9.17, 15) is 4.79 Å². The Kier molecular flexibility index (Phi) is 3.62. The molecule has 1 atom stereocenters. The molecule has 0 radical (unpaired) electrons. The third kappa shape index (κ3) is 3.38. The van der Waals surface area contributed by atoms with E-state index in [0.717, 1.165) is 18.6 Å². The Balaban J connectivity index is 1.61. The quantitative estimate of drug-likeness (QED) is 0.768. The Hall–Kier alpha value is -1.29. The van der Waals surface area contributed by atoms with Crippen molar-refractivity contribution in [1.29, 1.82) is 0 Å². The molecule has 1 heterocycles. The molecule has 16 heavy (non-hydrogen) atoms. The second kappa shape index (κ2) is 5.16. The topological polar surface area (TPSA) is 54.3 Å². The molecule has 1 aromatic rings. The molecule has 2 N–H and O–H groups in total. The van der Waals surface area contributed by atoms with Gasteiger partial charge in [-0.3, -0.25) is 4.79 Å². The lowest BCUT2D eigenvalue weighted by Crippen LogP contribution is -2.29. The zero-order chi connectivity index (χ0) is 11.4. The van der Waals surface area contributed by atoms with Crippen LogP contribution in [0.5, 0.6) is 0 Å². The molecule has 0 aromatic carbocycles. The van der Waals surface area contributed by atoms with Gasteiger partial charge < -0.3 is 15.1 Å². The highest BCUT2D eigenvalue weighted by Crippen LogP contribution is 2.18. The van der Waals surface area contributed by atoms with Gasteiger partial charge in [0.05, 0.1) is 12.3 Å². The predicted octanol–water partition coefficient (Wildman–Crippen LogP) is 1.60. The first-order valence-corrected chi connectivity index (χ1v) is 5.82. The smallest absolute Gasteiger partial charge is 0.221 e. The van der Waals surface area contributed by atoms with Crippen LogP contribution in [0.1, 0.15) is 38.0 Å². The Morgan fingerprint density at radius 3 is 3.06 bits per heavy atom. The summed E-state index contributed by atoms with van der Waals surface area (Å²) in [6.07, 6.45) is 4.47. The van der Waals surface area contributed by atoms with Crippen molar-refractivity contribution in [2.75, 3.05) is 6.54 Å².